The summed E-state index contributed by atoms with van der Waals surface area (Å²) in [5.41, 5.74) is 0.405. The van der Waals surface area contributed by atoms with E-state index in [4.69, 9.17) is 0 Å². The van der Waals surface area contributed by atoms with Gasteiger partial charge in [0.2, 0.25) is 5.95 Å². The minimum Gasteiger partial charge on any atom is -0.337 e. The van der Waals surface area contributed by atoms with Crippen LogP contribution in [-0.2, 0) is 11.2 Å². The molecule has 0 radical (unpaired) electrons. The number of piperazine rings is 1. The summed E-state index contributed by atoms with van der Waals surface area (Å²) in [4.78, 5) is 37.0. The molecule has 186 valence electrons. The molecule has 3 heterocycles. The van der Waals surface area contributed by atoms with Gasteiger partial charge in [-0.2, -0.15) is 5.10 Å². The van der Waals surface area contributed by atoms with Crippen LogP contribution in [0, 0.1) is 23.4 Å². The Bertz CT molecular complexity index is 1110. The number of hydrogen-bond acceptors (Lipinski definition) is 6. The molecule has 0 aliphatic carbocycles. The first-order valence-electron chi connectivity index (χ1n) is 11.6. The van der Waals surface area contributed by atoms with Crippen LogP contribution in [0.4, 0.5) is 23.9 Å². The van der Waals surface area contributed by atoms with E-state index in [0.717, 1.165) is 12.3 Å². The Morgan fingerprint density at radius 3 is 2.40 bits per heavy atom. The van der Waals surface area contributed by atoms with Gasteiger partial charge in [0.1, 0.15) is 17.4 Å². The van der Waals surface area contributed by atoms with Gasteiger partial charge in [-0.1, -0.05) is 13.8 Å². The van der Waals surface area contributed by atoms with E-state index in [0.29, 0.717) is 50.5 Å². The zero-order chi connectivity index (χ0) is 25.1. The van der Waals surface area contributed by atoms with E-state index in [-0.39, 0.29) is 29.8 Å². The van der Waals surface area contributed by atoms with Crippen LogP contribution in [0.5, 0.6) is 0 Å². The van der Waals surface area contributed by atoms with Crippen LogP contribution < -0.4 is 4.90 Å². The summed E-state index contributed by atoms with van der Waals surface area (Å²) in [6.45, 7) is 5.30. The van der Waals surface area contributed by atoms with E-state index in [2.05, 4.69) is 15.1 Å². The number of benzene rings is 1. The molecule has 4 rings (SSSR count). The van der Waals surface area contributed by atoms with Crippen molar-refractivity contribution in [3.8, 4) is 0 Å². The van der Waals surface area contributed by atoms with Crippen molar-refractivity contribution < 1.29 is 22.8 Å². The highest BCUT2D eigenvalue weighted by Crippen LogP contribution is 2.30. The monoisotopic (exact) mass is 488 g/mol. The summed E-state index contributed by atoms with van der Waals surface area (Å²) < 4.78 is 41.6. The lowest BCUT2D eigenvalue weighted by Gasteiger charge is -2.37. The molecular formula is C24H27F3N6O2. The third kappa shape index (κ3) is 5.77. The SMILES string of the molecule is CC(C)CC(=O)Cc1nc(N2CCN(C(=O)N3N=CC[C@H]3c3cc(F)cc(F)c3)CC2)ncc1F. The van der Waals surface area contributed by atoms with Gasteiger partial charge in [-0.05, 0) is 23.6 Å². The van der Waals surface area contributed by atoms with Crippen molar-refractivity contribution in [2.24, 2.45) is 11.0 Å². The Kier molecular flexibility index (Phi) is 7.32. The Hall–Kier alpha value is -3.50. The molecule has 11 heteroatoms. The van der Waals surface area contributed by atoms with Crippen molar-refractivity contribution in [2.45, 2.75) is 39.2 Å². The molecule has 1 aromatic carbocycles. The van der Waals surface area contributed by atoms with Crippen molar-refractivity contribution in [2.75, 3.05) is 31.1 Å². The molecule has 0 unspecified atom stereocenters. The predicted octanol–water partition coefficient (Wildman–Crippen LogP) is 3.73. The maximum Gasteiger partial charge on any atom is 0.341 e. The Balaban J connectivity index is 1.39. The molecule has 0 bridgehead atoms. The summed E-state index contributed by atoms with van der Waals surface area (Å²) in [5, 5.41) is 5.38. The number of Topliss-reactive ketones (excluding diaryl/α,β-unsaturated/α-hetero) is 1. The van der Waals surface area contributed by atoms with Gasteiger partial charge < -0.3 is 9.80 Å². The molecule has 1 atom stereocenters. The first-order chi connectivity index (χ1) is 16.7. The minimum atomic E-state index is -0.711. The second-order valence-electron chi connectivity index (χ2n) is 9.13. The fraction of sp³-hybridized carbons (Fsp3) is 0.458. The average Bonchev–Trinajstić information content (AvgIpc) is 3.29. The number of urea groups is 1. The third-order valence-electron chi connectivity index (χ3n) is 5.93. The summed E-state index contributed by atoms with van der Waals surface area (Å²) in [6.07, 6.45) is 3.24. The zero-order valence-electron chi connectivity index (χ0n) is 19.6. The Labute approximate surface area is 201 Å². The second kappa shape index (κ2) is 10.4. The van der Waals surface area contributed by atoms with E-state index < -0.39 is 23.5 Å². The van der Waals surface area contributed by atoms with Gasteiger partial charge in [-0.3, -0.25) is 4.79 Å². The van der Waals surface area contributed by atoms with Gasteiger partial charge >= 0.3 is 6.03 Å². The van der Waals surface area contributed by atoms with Gasteiger partial charge in [0.25, 0.3) is 0 Å². The van der Waals surface area contributed by atoms with Gasteiger partial charge in [-0.15, -0.1) is 0 Å². The topological polar surface area (TPSA) is 82.0 Å². The molecule has 2 amide bonds. The van der Waals surface area contributed by atoms with Crippen LogP contribution >= 0.6 is 0 Å². The Morgan fingerprint density at radius 2 is 1.74 bits per heavy atom. The van der Waals surface area contributed by atoms with Crippen molar-refractivity contribution >= 4 is 24.0 Å². The highest BCUT2D eigenvalue weighted by atomic mass is 19.1. The van der Waals surface area contributed by atoms with E-state index >= 15 is 0 Å². The fourth-order valence-electron chi connectivity index (χ4n) is 4.27. The summed E-state index contributed by atoms with van der Waals surface area (Å²) in [6, 6.07) is 2.24. The number of rotatable bonds is 6. The average molecular weight is 489 g/mol. The maximum absolute atomic E-state index is 14.2. The van der Waals surface area contributed by atoms with E-state index in [1.165, 1.54) is 17.1 Å². The van der Waals surface area contributed by atoms with Crippen LogP contribution in [0.25, 0.3) is 0 Å². The molecule has 2 aliphatic heterocycles. The minimum absolute atomic E-state index is 0.0655. The summed E-state index contributed by atoms with van der Waals surface area (Å²) in [5.74, 6) is -1.64. The lowest BCUT2D eigenvalue weighted by Crippen LogP contribution is -2.52. The second-order valence-corrected chi connectivity index (χ2v) is 9.13. The van der Waals surface area contributed by atoms with E-state index in [1.807, 2.05) is 18.7 Å². The number of anilines is 1. The van der Waals surface area contributed by atoms with Gasteiger partial charge in [-0.25, -0.2) is 32.9 Å². The lowest BCUT2D eigenvalue weighted by molar-refractivity contribution is -0.119. The van der Waals surface area contributed by atoms with E-state index in [1.54, 1.807) is 11.1 Å². The van der Waals surface area contributed by atoms with Gasteiger partial charge in [0.15, 0.2) is 5.82 Å². The maximum atomic E-state index is 14.2. The quantitative estimate of drug-likeness (QED) is 0.619. The first kappa shape index (κ1) is 24.6. The van der Waals surface area contributed by atoms with Gasteiger partial charge in [0.05, 0.1) is 24.4 Å². The van der Waals surface area contributed by atoms with Crippen LogP contribution in [-0.4, -0.2) is 64.1 Å². The number of nitrogens with zero attached hydrogens (tertiary/aromatic N) is 6. The molecule has 1 saturated heterocycles. The van der Waals surface area contributed by atoms with E-state index in [9.17, 15) is 22.8 Å². The van der Waals surface area contributed by atoms with Crippen molar-refractivity contribution in [1.29, 1.82) is 0 Å². The summed E-state index contributed by atoms with van der Waals surface area (Å²) in [7, 11) is 0. The summed E-state index contributed by atoms with van der Waals surface area (Å²) >= 11 is 0. The normalized spacial score (nSPS) is 18.0. The number of carbonyl (C=O) groups is 2. The van der Waals surface area contributed by atoms with Crippen LogP contribution in [0.15, 0.2) is 29.5 Å². The number of aromatic nitrogens is 2. The fourth-order valence-corrected chi connectivity index (χ4v) is 4.27. The zero-order valence-corrected chi connectivity index (χ0v) is 19.6. The number of amides is 2. The molecule has 0 spiro atoms. The first-order valence-corrected chi connectivity index (χ1v) is 11.6. The van der Waals surface area contributed by atoms with Crippen LogP contribution in [0.3, 0.4) is 0 Å². The van der Waals surface area contributed by atoms with Crippen LogP contribution in [0.1, 0.15) is 44.0 Å². The number of carbonyl (C=O) groups excluding carboxylic acids is 2. The predicted molar refractivity (Wildman–Crippen MR) is 123 cm³/mol. The smallest absolute Gasteiger partial charge is 0.337 e. The van der Waals surface area contributed by atoms with Crippen molar-refractivity contribution in [3.63, 3.8) is 0 Å². The molecule has 0 saturated carbocycles. The van der Waals surface area contributed by atoms with Gasteiger partial charge in [0, 0.05) is 51.3 Å². The molecular weight excluding hydrogens is 461 g/mol. The number of halogens is 3. The molecule has 2 aliphatic rings. The molecule has 2 aromatic rings. The molecule has 1 aromatic heterocycles. The van der Waals surface area contributed by atoms with Crippen LogP contribution in [0.2, 0.25) is 0 Å². The number of ketones is 1. The Morgan fingerprint density at radius 1 is 1.06 bits per heavy atom. The van der Waals surface area contributed by atoms with Crippen molar-refractivity contribution in [1.82, 2.24) is 19.9 Å². The highest BCUT2D eigenvalue weighted by Gasteiger charge is 2.34. The van der Waals surface area contributed by atoms with Crippen molar-refractivity contribution in [3.05, 3.63) is 53.1 Å². The number of hydrogen-bond donors (Lipinski definition) is 0. The lowest BCUT2D eigenvalue weighted by atomic mass is 10.0. The molecule has 8 nitrogen and oxygen atoms in total. The highest BCUT2D eigenvalue weighted by molar-refractivity contribution is 5.81. The molecule has 35 heavy (non-hydrogen) atoms. The molecule has 0 N–H and O–H groups in total. The number of hydrazone groups is 1. The third-order valence-corrected chi connectivity index (χ3v) is 5.93. The standard InChI is InChI=1S/C24H27F3N6O2/c1-15(2)9-19(34)13-21-20(27)14-28-23(30-21)31-5-7-32(8-6-31)24(35)33-22(3-4-29-33)16-10-17(25)12-18(26)11-16/h4,10-12,14-15,22H,3,5-9,13H2,1-2H3/t22-/m0/s1. The molecule has 1 fully saturated rings. The largest absolute Gasteiger partial charge is 0.341 e.